The highest BCUT2D eigenvalue weighted by molar-refractivity contribution is 4.62. The molecule has 0 fully saturated rings. The summed E-state index contributed by atoms with van der Waals surface area (Å²) in [4.78, 5) is 0. The Labute approximate surface area is 142 Å². The third-order valence-electron chi connectivity index (χ3n) is 5.04. The maximum atomic E-state index is 4.07. The zero-order valence-corrected chi connectivity index (χ0v) is 16.0. The van der Waals surface area contributed by atoms with Gasteiger partial charge in [0.25, 0.3) is 0 Å². The minimum atomic E-state index is 0.975. The zero-order chi connectivity index (χ0) is 16.3. The topological polar surface area (TPSA) is 0 Å². The van der Waals surface area contributed by atoms with Crippen molar-refractivity contribution in [3.8, 4) is 0 Å². The molecule has 22 heavy (non-hydrogen) atoms. The molecule has 0 saturated carbocycles. The monoisotopic (exact) mass is 309 g/mol. The summed E-state index contributed by atoms with van der Waals surface area (Å²) in [6, 6.07) is 0. The number of hydrogen-bond donors (Lipinski definition) is 0. The molecule has 0 saturated heterocycles. The molecule has 0 heterocycles. The average Bonchev–Trinajstić information content (AvgIpc) is 2.53. The van der Waals surface area contributed by atoms with E-state index in [1.165, 1.54) is 109 Å². The maximum absolute atomic E-state index is 4.07. The summed E-state index contributed by atoms with van der Waals surface area (Å²) in [7, 11) is 0. The first kappa shape index (κ1) is 22.0. The predicted molar refractivity (Wildman–Crippen MR) is 103 cm³/mol. The van der Waals surface area contributed by atoms with Crippen molar-refractivity contribution in [2.24, 2.45) is 5.92 Å². The van der Waals surface area contributed by atoms with E-state index in [0.717, 1.165) is 12.3 Å². The molecule has 0 aliphatic heterocycles. The molecule has 1 atom stereocenters. The largest absolute Gasteiger partial charge is 0.0654 e. The molecular weight excluding hydrogens is 264 g/mol. The van der Waals surface area contributed by atoms with E-state index in [4.69, 9.17) is 0 Å². The molecule has 0 rings (SSSR count). The van der Waals surface area contributed by atoms with Crippen molar-refractivity contribution in [2.45, 2.75) is 129 Å². The minimum absolute atomic E-state index is 0.975. The van der Waals surface area contributed by atoms with Crippen molar-refractivity contribution < 1.29 is 0 Å². The van der Waals surface area contributed by atoms with E-state index < -0.39 is 0 Å². The van der Waals surface area contributed by atoms with Crippen LogP contribution in [0.1, 0.15) is 129 Å². The van der Waals surface area contributed by atoms with Gasteiger partial charge >= 0.3 is 0 Å². The Hall–Kier alpha value is 0. The second kappa shape index (κ2) is 19.0. The summed E-state index contributed by atoms with van der Waals surface area (Å²) in [6.07, 6.45) is 25.7. The van der Waals surface area contributed by atoms with Crippen LogP contribution in [0, 0.1) is 12.8 Å². The van der Waals surface area contributed by atoms with E-state index in [-0.39, 0.29) is 0 Å². The first-order valence-electron chi connectivity index (χ1n) is 10.6. The van der Waals surface area contributed by atoms with Crippen LogP contribution in [0.25, 0.3) is 0 Å². The molecule has 0 aliphatic rings. The molecule has 0 aromatic heterocycles. The van der Waals surface area contributed by atoms with Crippen LogP contribution in [-0.2, 0) is 0 Å². The van der Waals surface area contributed by atoms with Gasteiger partial charge in [-0.05, 0) is 5.92 Å². The van der Waals surface area contributed by atoms with Gasteiger partial charge in [-0.2, -0.15) is 0 Å². The van der Waals surface area contributed by atoms with Gasteiger partial charge in [0.2, 0.25) is 0 Å². The van der Waals surface area contributed by atoms with Gasteiger partial charge in [0, 0.05) is 0 Å². The summed E-state index contributed by atoms with van der Waals surface area (Å²) in [5.74, 6) is 0.975. The normalized spacial score (nSPS) is 12.7. The Kier molecular flexibility index (Phi) is 19.0. The highest BCUT2D eigenvalue weighted by Gasteiger charge is 2.07. The fraction of sp³-hybridized carbons (Fsp3) is 0.955. The van der Waals surface area contributed by atoms with Crippen molar-refractivity contribution in [3.63, 3.8) is 0 Å². The van der Waals surface area contributed by atoms with Gasteiger partial charge in [0.05, 0.1) is 0 Å². The van der Waals surface area contributed by atoms with Crippen LogP contribution >= 0.6 is 0 Å². The zero-order valence-electron chi connectivity index (χ0n) is 16.0. The van der Waals surface area contributed by atoms with Crippen molar-refractivity contribution in [1.82, 2.24) is 0 Å². The van der Waals surface area contributed by atoms with Crippen LogP contribution in [0.2, 0.25) is 0 Å². The van der Waals surface area contributed by atoms with Gasteiger partial charge < -0.3 is 0 Å². The number of unbranched alkanes of at least 4 members (excludes halogenated alkanes) is 12. The molecule has 0 aliphatic carbocycles. The van der Waals surface area contributed by atoms with E-state index in [9.17, 15) is 0 Å². The fourth-order valence-electron chi connectivity index (χ4n) is 3.50. The van der Waals surface area contributed by atoms with Gasteiger partial charge in [-0.25, -0.2) is 0 Å². The number of rotatable bonds is 18. The number of hydrogen-bond acceptors (Lipinski definition) is 0. The molecule has 1 unspecified atom stereocenters. The quantitative estimate of drug-likeness (QED) is 0.223. The Balaban J connectivity index is 3.36. The first-order chi connectivity index (χ1) is 10.8. The highest BCUT2D eigenvalue weighted by atomic mass is 14.1. The summed E-state index contributed by atoms with van der Waals surface area (Å²) in [5.41, 5.74) is 0. The Morgan fingerprint density at radius 1 is 0.500 bits per heavy atom. The van der Waals surface area contributed by atoms with Gasteiger partial charge in [-0.1, -0.05) is 136 Å². The first-order valence-corrected chi connectivity index (χ1v) is 10.6. The second-order valence-electron chi connectivity index (χ2n) is 7.33. The van der Waals surface area contributed by atoms with Crippen LogP contribution in [-0.4, -0.2) is 0 Å². The van der Waals surface area contributed by atoms with E-state index in [1.54, 1.807) is 0 Å². The van der Waals surface area contributed by atoms with E-state index in [0.29, 0.717) is 0 Å². The van der Waals surface area contributed by atoms with Gasteiger partial charge in [0.15, 0.2) is 0 Å². The van der Waals surface area contributed by atoms with Crippen molar-refractivity contribution in [2.75, 3.05) is 0 Å². The molecule has 1 radical (unpaired) electrons. The molecule has 0 aromatic rings. The van der Waals surface area contributed by atoms with Gasteiger partial charge in [0.1, 0.15) is 0 Å². The Morgan fingerprint density at radius 3 is 1.27 bits per heavy atom. The lowest BCUT2D eigenvalue weighted by Gasteiger charge is -2.15. The van der Waals surface area contributed by atoms with Crippen LogP contribution in [0.5, 0.6) is 0 Å². The lowest BCUT2D eigenvalue weighted by Crippen LogP contribution is -2.00. The van der Waals surface area contributed by atoms with Crippen molar-refractivity contribution >= 4 is 0 Å². The smallest absolute Gasteiger partial charge is 0.0414 e. The van der Waals surface area contributed by atoms with E-state index in [1.807, 2.05) is 0 Å². The third-order valence-corrected chi connectivity index (χ3v) is 5.04. The molecule has 0 bridgehead atoms. The summed E-state index contributed by atoms with van der Waals surface area (Å²) in [6.45, 7) is 8.67. The van der Waals surface area contributed by atoms with Crippen LogP contribution < -0.4 is 0 Å². The molecule has 0 amide bonds. The predicted octanol–water partition coefficient (Wildman–Crippen LogP) is 8.50. The lowest BCUT2D eigenvalue weighted by molar-refractivity contribution is 0.383. The minimum Gasteiger partial charge on any atom is -0.0654 e. The Bertz CT molecular complexity index is 184. The molecule has 0 nitrogen and oxygen atoms in total. The molecule has 0 N–H and O–H groups in total. The van der Waals surface area contributed by atoms with Gasteiger partial charge in [-0.15, -0.1) is 0 Å². The standard InChI is InChI=1S/C22H45/c1-4-7-9-11-12-13-14-15-16-18-21-22(19-6-3)20-17-10-8-5-2/h22H,3-21H2,1-2H3. The summed E-state index contributed by atoms with van der Waals surface area (Å²) in [5, 5.41) is 0. The molecular formula is C22H45. The maximum Gasteiger partial charge on any atom is -0.0414 e. The molecule has 133 valence electrons. The molecule has 0 aromatic carbocycles. The molecule has 0 heteroatoms. The van der Waals surface area contributed by atoms with E-state index >= 15 is 0 Å². The van der Waals surface area contributed by atoms with Crippen molar-refractivity contribution in [3.05, 3.63) is 6.92 Å². The van der Waals surface area contributed by atoms with Crippen LogP contribution in [0.4, 0.5) is 0 Å². The van der Waals surface area contributed by atoms with E-state index in [2.05, 4.69) is 20.8 Å². The lowest BCUT2D eigenvalue weighted by atomic mass is 9.91. The van der Waals surface area contributed by atoms with Crippen LogP contribution in [0.3, 0.4) is 0 Å². The van der Waals surface area contributed by atoms with Gasteiger partial charge in [-0.3, -0.25) is 0 Å². The third kappa shape index (κ3) is 16.4. The Morgan fingerprint density at radius 2 is 0.864 bits per heavy atom. The SMILES string of the molecule is [CH2]CCC(CCCCCC)CCCCCCCCCCCC. The van der Waals surface area contributed by atoms with Crippen molar-refractivity contribution in [1.29, 1.82) is 0 Å². The average molecular weight is 310 g/mol. The fourth-order valence-corrected chi connectivity index (χ4v) is 3.50. The summed E-state index contributed by atoms with van der Waals surface area (Å²) < 4.78 is 0. The summed E-state index contributed by atoms with van der Waals surface area (Å²) >= 11 is 0. The van der Waals surface area contributed by atoms with Crippen LogP contribution in [0.15, 0.2) is 0 Å². The second-order valence-corrected chi connectivity index (χ2v) is 7.33. The highest BCUT2D eigenvalue weighted by Crippen LogP contribution is 2.23. The molecule has 0 spiro atoms.